The molecule has 0 atom stereocenters. The Bertz CT molecular complexity index is 279. The molecule has 86 valence electrons. The average molecular weight is 325 g/mol. The summed E-state index contributed by atoms with van der Waals surface area (Å²) in [4.78, 5) is 3.46. The molecule has 0 bridgehead atoms. The van der Waals surface area contributed by atoms with Gasteiger partial charge in [0.05, 0.1) is 0 Å². The number of hydrogen-bond acceptors (Lipinski definition) is 3. The largest absolute Gasteiger partial charge is 0.326 e. The second-order valence-electron chi connectivity index (χ2n) is 2.76. The molecule has 1 heterocycles. The molecule has 3 nitrogen and oxygen atoms in total. The zero-order valence-corrected chi connectivity index (χ0v) is 11.2. The lowest BCUT2D eigenvalue weighted by molar-refractivity contribution is 0.581. The number of rotatable bonds is 3. The second-order valence-corrected chi connectivity index (χ2v) is 3.92. The molecule has 0 aliphatic carbocycles. The molecule has 0 radical (unpaired) electrons. The first-order chi connectivity index (χ1) is 7.15. The zero-order chi connectivity index (χ0) is 11.7. The Balaban J connectivity index is 0.000000336. The van der Waals surface area contributed by atoms with Crippen LogP contribution in [0.5, 0.6) is 0 Å². The SMILES string of the molecule is CCNCC.NCc1cnc(F)cc1I. The van der Waals surface area contributed by atoms with E-state index < -0.39 is 5.95 Å². The predicted molar refractivity (Wildman–Crippen MR) is 69.0 cm³/mol. The van der Waals surface area contributed by atoms with Gasteiger partial charge in [-0.25, -0.2) is 4.98 Å². The molecule has 0 unspecified atom stereocenters. The van der Waals surface area contributed by atoms with Crippen molar-refractivity contribution >= 4 is 22.6 Å². The van der Waals surface area contributed by atoms with Gasteiger partial charge in [0, 0.05) is 22.4 Å². The molecule has 0 aliphatic heterocycles. The molecule has 1 aromatic rings. The molecular formula is C10H17FIN3. The third-order valence-corrected chi connectivity index (χ3v) is 2.62. The third-order valence-electron chi connectivity index (χ3n) is 1.62. The molecule has 1 rings (SSSR count). The number of nitrogens with zero attached hydrogens (tertiary/aromatic N) is 1. The van der Waals surface area contributed by atoms with E-state index in [1.165, 1.54) is 12.3 Å². The summed E-state index contributed by atoms with van der Waals surface area (Å²) in [6.45, 7) is 6.80. The fourth-order valence-corrected chi connectivity index (χ4v) is 1.45. The van der Waals surface area contributed by atoms with Gasteiger partial charge in [0.1, 0.15) is 0 Å². The summed E-state index contributed by atoms with van der Waals surface area (Å²) in [5.41, 5.74) is 6.21. The number of halogens is 2. The summed E-state index contributed by atoms with van der Waals surface area (Å²) in [6, 6.07) is 1.36. The van der Waals surface area contributed by atoms with Gasteiger partial charge in [0.2, 0.25) is 5.95 Å². The van der Waals surface area contributed by atoms with Crippen molar-refractivity contribution in [1.82, 2.24) is 10.3 Å². The Morgan fingerprint density at radius 2 is 2.07 bits per heavy atom. The lowest BCUT2D eigenvalue weighted by Gasteiger charge is -1.97. The Labute approximate surface area is 104 Å². The van der Waals surface area contributed by atoms with Gasteiger partial charge in [-0.1, -0.05) is 13.8 Å². The molecule has 3 N–H and O–H groups in total. The highest BCUT2D eigenvalue weighted by atomic mass is 127. The number of nitrogens with one attached hydrogen (secondary N) is 1. The van der Waals surface area contributed by atoms with Crippen LogP contribution >= 0.6 is 22.6 Å². The maximum atomic E-state index is 12.3. The smallest absolute Gasteiger partial charge is 0.213 e. The number of pyridine rings is 1. The van der Waals surface area contributed by atoms with Gasteiger partial charge in [0.15, 0.2) is 0 Å². The zero-order valence-electron chi connectivity index (χ0n) is 9.06. The average Bonchev–Trinajstić information content (AvgIpc) is 2.20. The molecular weight excluding hydrogens is 308 g/mol. The van der Waals surface area contributed by atoms with Crippen LogP contribution in [0.4, 0.5) is 4.39 Å². The van der Waals surface area contributed by atoms with E-state index >= 15 is 0 Å². The van der Waals surface area contributed by atoms with Crippen LogP contribution in [-0.2, 0) is 6.54 Å². The fraction of sp³-hybridized carbons (Fsp3) is 0.500. The van der Waals surface area contributed by atoms with Gasteiger partial charge in [-0.05, 0) is 41.2 Å². The Hall–Kier alpha value is -0.270. The summed E-state index contributed by atoms with van der Waals surface area (Å²) < 4.78 is 13.2. The third kappa shape index (κ3) is 6.75. The highest BCUT2D eigenvalue weighted by Crippen LogP contribution is 2.10. The maximum absolute atomic E-state index is 12.3. The van der Waals surface area contributed by atoms with Crippen molar-refractivity contribution in [2.24, 2.45) is 5.73 Å². The monoisotopic (exact) mass is 325 g/mol. The highest BCUT2D eigenvalue weighted by molar-refractivity contribution is 14.1. The van der Waals surface area contributed by atoms with Crippen molar-refractivity contribution in [3.05, 3.63) is 27.3 Å². The van der Waals surface area contributed by atoms with Crippen LogP contribution < -0.4 is 11.1 Å². The van der Waals surface area contributed by atoms with Gasteiger partial charge in [0.25, 0.3) is 0 Å². The van der Waals surface area contributed by atoms with Crippen LogP contribution in [0.15, 0.2) is 12.3 Å². The van der Waals surface area contributed by atoms with E-state index in [9.17, 15) is 4.39 Å². The van der Waals surface area contributed by atoms with Crippen molar-refractivity contribution < 1.29 is 4.39 Å². The molecule has 0 spiro atoms. The predicted octanol–water partition coefficient (Wildman–Crippen LogP) is 1.90. The van der Waals surface area contributed by atoms with E-state index in [4.69, 9.17) is 5.73 Å². The first kappa shape index (κ1) is 14.7. The molecule has 5 heteroatoms. The minimum Gasteiger partial charge on any atom is -0.326 e. The van der Waals surface area contributed by atoms with Gasteiger partial charge < -0.3 is 11.1 Å². The maximum Gasteiger partial charge on any atom is 0.213 e. The summed E-state index contributed by atoms with van der Waals surface area (Å²) in [7, 11) is 0. The van der Waals surface area contributed by atoms with Crippen LogP contribution in [0.25, 0.3) is 0 Å². The number of hydrogen-bond donors (Lipinski definition) is 2. The molecule has 0 aromatic carbocycles. The van der Waals surface area contributed by atoms with E-state index in [2.05, 4.69) is 24.1 Å². The van der Waals surface area contributed by atoms with Crippen molar-refractivity contribution in [1.29, 1.82) is 0 Å². The summed E-state index contributed by atoms with van der Waals surface area (Å²) >= 11 is 2.03. The van der Waals surface area contributed by atoms with Crippen LogP contribution in [-0.4, -0.2) is 18.1 Å². The Morgan fingerprint density at radius 1 is 1.47 bits per heavy atom. The lowest BCUT2D eigenvalue weighted by Crippen LogP contribution is -2.09. The van der Waals surface area contributed by atoms with Gasteiger partial charge in [-0.2, -0.15) is 4.39 Å². The molecule has 1 aromatic heterocycles. The molecule has 0 aliphatic rings. The molecule has 15 heavy (non-hydrogen) atoms. The van der Waals surface area contributed by atoms with Crippen LogP contribution in [0.1, 0.15) is 19.4 Å². The first-order valence-corrected chi connectivity index (χ1v) is 5.94. The fourth-order valence-electron chi connectivity index (χ4n) is 0.836. The van der Waals surface area contributed by atoms with Crippen LogP contribution in [0, 0.1) is 9.52 Å². The van der Waals surface area contributed by atoms with E-state index in [1.807, 2.05) is 22.6 Å². The number of nitrogens with two attached hydrogens (primary N) is 1. The quantitative estimate of drug-likeness (QED) is 0.659. The molecule has 0 saturated carbocycles. The van der Waals surface area contributed by atoms with Gasteiger partial charge in [-0.3, -0.25) is 0 Å². The van der Waals surface area contributed by atoms with E-state index in [0.29, 0.717) is 6.54 Å². The highest BCUT2D eigenvalue weighted by Gasteiger charge is 1.98. The van der Waals surface area contributed by atoms with E-state index in [1.54, 1.807) is 0 Å². The van der Waals surface area contributed by atoms with E-state index in [0.717, 1.165) is 22.2 Å². The molecule has 0 saturated heterocycles. The summed E-state index contributed by atoms with van der Waals surface area (Å²) in [5.74, 6) is -0.457. The van der Waals surface area contributed by atoms with Crippen molar-refractivity contribution in [3.63, 3.8) is 0 Å². The minimum absolute atomic E-state index is 0.408. The summed E-state index contributed by atoms with van der Waals surface area (Å²) in [5, 5.41) is 3.11. The molecule has 0 amide bonds. The lowest BCUT2D eigenvalue weighted by atomic mass is 10.3. The topological polar surface area (TPSA) is 50.9 Å². The number of aromatic nitrogens is 1. The molecule has 0 fully saturated rings. The minimum atomic E-state index is -0.457. The van der Waals surface area contributed by atoms with Crippen molar-refractivity contribution in [3.8, 4) is 0 Å². The van der Waals surface area contributed by atoms with E-state index in [-0.39, 0.29) is 0 Å². The Morgan fingerprint density at radius 3 is 2.40 bits per heavy atom. The first-order valence-electron chi connectivity index (χ1n) is 4.86. The Kier molecular flexibility index (Phi) is 8.83. The van der Waals surface area contributed by atoms with Crippen molar-refractivity contribution in [2.75, 3.05) is 13.1 Å². The van der Waals surface area contributed by atoms with Gasteiger partial charge in [-0.15, -0.1) is 0 Å². The normalized spacial score (nSPS) is 9.40. The second kappa shape index (κ2) is 8.99. The summed E-state index contributed by atoms with van der Waals surface area (Å²) in [6.07, 6.45) is 1.46. The van der Waals surface area contributed by atoms with Crippen molar-refractivity contribution in [2.45, 2.75) is 20.4 Å². The van der Waals surface area contributed by atoms with Crippen LogP contribution in [0.3, 0.4) is 0 Å². The van der Waals surface area contributed by atoms with Crippen LogP contribution in [0.2, 0.25) is 0 Å². The standard InChI is InChI=1S/C6H6FIN2.C4H11N/c7-6-1-5(8)4(2-9)3-10-6;1-3-5-4-2/h1,3H,2,9H2;5H,3-4H2,1-2H3. The van der Waals surface area contributed by atoms with Gasteiger partial charge >= 0.3 is 0 Å².